The van der Waals surface area contributed by atoms with Crippen molar-refractivity contribution < 1.29 is 42.9 Å². The molecule has 0 radical (unpaired) electrons. The average molecular weight is 1490 g/mol. The largest absolute Gasteiger partial charge is 0.477 e. The molecule has 2 unspecified atom stereocenters. The summed E-state index contributed by atoms with van der Waals surface area (Å²) in [7, 11) is 6.00. The molecule has 2 atom stereocenters. The summed E-state index contributed by atoms with van der Waals surface area (Å²) in [5, 5.41) is 9.80. The predicted molar refractivity (Wildman–Crippen MR) is 465 cm³/mol. The van der Waals surface area contributed by atoms with Gasteiger partial charge < -0.3 is 28.5 Å². The molecule has 0 aromatic heterocycles. The second-order valence-corrected chi connectivity index (χ2v) is 31.9. The summed E-state index contributed by atoms with van der Waals surface area (Å²) in [5.41, 5.74) is 0. The van der Waals surface area contributed by atoms with E-state index in [1.165, 1.54) is 302 Å². The number of nitrogens with zero attached hydrogens (tertiary/aromatic N) is 1. The van der Waals surface area contributed by atoms with Crippen LogP contribution in [0.5, 0.6) is 0 Å². The maximum atomic E-state index is 13.0. The molecule has 0 aliphatic heterocycles. The van der Waals surface area contributed by atoms with E-state index in [4.69, 9.17) is 18.9 Å². The van der Waals surface area contributed by atoms with E-state index < -0.39 is 18.4 Å². The first-order chi connectivity index (χ1) is 52.6. The first-order valence-corrected chi connectivity index (χ1v) is 45.7. The van der Waals surface area contributed by atoms with Crippen LogP contribution in [-0.4, -0.2) is 87.4 Å². The van der Waals surface area contributed by atoms with Gasteiger partial charge in [-0.25, -0.2) is 4.79 Å². The van der Waals surface area contributed by atoms with Crippen molar-refractivity contribution in [3.63, 3.8) is 0 Å². The van der Waals surface area contributed by atoms with Crippen molar-refractivity contribution in [2.75, 3.05) is 47.5 Å². The molecule has 0 amide bonds. The SMILES string of the molecule is CC/C=C\C/C=C\C/C=C\C/C=C\C/C=C\C/C=C\C/C=C\CCCCCCCCCCCCCCCCCCCCCC(=O)OC(COC(=O)CCCCCCCCCCCCCCCCCCCCCCCCCCCC/C=C\C/C=C\C/C=C\CCCCCCC)COC(OCC[N+](C)(C)C)C(=O)O. The smallest absolute Gasteiger partial charge is 0.361 e. The Balaban J connectivity index is 3.93. The molecule has 0 aromatic rings. The van der Waals surface area contributed by atoms with Crippen molar-refractivity contribution >= 4 is 17.9 Å². The Hall–Kier alpha value is -4.31. The highest BCUT2D eigenvalue weighted by molar-refractivity contribution is 5.71. The van der Waals surface area contributed by atoms with Gasteiger partial charge in [0.15, 0.2) is 6.10 Å². The molecule has 0 saturated heterocycles. The number of hydrogen-bond donors (Lipinski definition) is 1. The molecule has 0 aromatic carbocycles. The molecule has 9 heteroatoms. The van der Waals surface area contributed by atoms with Crippen LogP contribution in [0.15, 0.2) is 122 Å². The molecule has 107 heavy (non-hydrogen) atoms. The van der Waals surface area contributed by atoms with Gasteiger partial charge in [0, 0.05) is 12.8 Å². The lowest BCUT2D eigenvalue weighted by Crippen LogP contribution is -2.40. The van der Waals surface area contributed by atoms with Gasteiger partial charge in [-0.15, -0.1) is 0 Å². The topological polar surface area (TPSA) is 108 Å². The van der Waals surface area contributed by atoms with Crippen molar-refractivity contribution in [1.82, 2.24) is 0 Å². The number of quaternary nitrogens is 1. The van der Waals surface area contributed by atoms with Crippen LogP contribution in [0.1, 0.15) is 425 Å². The first-order valence-electron chi connectivity index (χ1n) is 45.7. The Bertz CT molecular complexity index is 2190. The third-order valence-corrected chi connectivity index (χ3v) is 20.2. The number of carbonyl (C=O) groups excluding carboxylic acids is 2. The molecule has 0 rings (SSSR count). The number of carboxylic acids is 1. The molecule has 618 valence electrons. The van der Waals surface area contributed by atoms with Crippen molar-refractivity contribution in [3.8, 4) is 0 Å². The fourth-order valence-corrected chi connectivity index (χ4v) is 13.3. The quantitative estimate of drug-likeness (QED) is 0.0211. The molecule has 0 heterocycles. The number of allylic oxidation sites excluding steroid dienone is 20. The normalized spacial score (nSPS) is 13.2. The number of unbranched alkanes of at least 4 members (excludes halogenated alkanes) is 50. The number of esters is 2. The number of hydrogen-bond acceptors (Lipinski definition) is 7. The van der Waals surface area contributed by atoms with Crippen molar-refractivity contribution in [3.05, 3.63) is 122 Å². The Morgan fingerprint density at radius 2 is 0.533 bits per heavy atom. The van der Waals surface area contributed by atoms with Gasteiger partial charge in [0.1, 0.15) is 13.2 Å². The summed E-state index contributed by atoms with van der Waals surface area (Å²) in [6.07, 6.45) is 123. The molecule has 9 nitrogen and oxygen atoms in total. The van der Waals surface area contributed by atoms with E-state index in [2.05, 4.69) is 135 Å². The molecule has 0 fully saturated rings. The summed E-state index contributed by atoms with van der Waals surface area (Å²) in [4.78, 5) is 37.9. The summed E-state index contributed by atoms with van der Waals surface area (Å²) < 4.78 is 23.1. The van der Waals surface area contributed by atoms with E-state index in [9.17, 15) is 19.5 Å². The van der Waals surface area contributed by atoms with Gasteiger partial charge in [-0.2, -0.15) is 0 Å². The van der Waals surface area contributed by atoms with Gasteiger partial charge in [-0.1, -0.05) is 424 Å². The standard InChI is InChI=1S/C98H173NO8/c1-6-8-10-12-14-16-18-20-22-24-26-28-30-32-34-36-38-40-42-44-46-48-50-52-54-56-58-60-62-64-66-68-70-72-74-76-78-80-82-84-86-88-95(100)105-92-94(93-106-98(97(102)103)104-91-90-99(3,4)5)107-96(101)89-87-85-83-81-79-77-75-73-71-69-67-65-63-61-59-57-55-53-51-49-47-45-43-41-39-37-35-33-31-29-27-25-23-21-19-17-15-13-11-9-7-2/h9,11,15,17-18,20-21,23-24,26-27,29-30,32-33,35,39,41,45,47,94,98H,6-8,10,12-14,16,19,22,25,28,31,34,36-38,40,42-44,46,48-93H2,1-5H3/p+1/b11-9-,17-15-,20-18-,23-21-,26-24-,29-27-,32-30-,35-33-,41-39-,47-45-. The third-order valence-electron chi connectivity index (χ3n) is 20.2. The van der Waals surface area contributed by atoms with Crippen molar-refractivity contribution in [2.24, 2.45) is 0 Å². The highest BCUT2D eigenvalue weighted by atomic mass is 16.7. The molecular weight excluding hydrogens is 1320 g/mol. The average Bonchev–Trinajstić information content (AvgIpc) is 0.965. The Morgan fingerprint density at radius 1 is 0.290 bits per heavy atom. The van der Waals surface area contributed by atoms with Gasteiger partial charge >= 0.3 is 17.9 Å². The third kappa shape index (κ3) is 88.8. The molecule has 0 saturated carbocycles. The molecule has 1 N–H and O–H groups in total. The van der Waals surface area contributed by atoms with Gasteiger partial charge in [0.05, 0.1) is 34.4 Å². The van der Waals surface area contributed by atoms with Crippen molar-refractivity contribution in [1.29, 1.82) is 0 Å². The van der Waals surface area contributed by atoms with Gasteiger partial charge in [0.25, 0.3) is 6.29 Å². The number of likely N-dealkylation sites (N-methyl/N-ethyl adjacent to an activating group) is 1. The zero-order valence-electron chi connectivity index (χ0n) is 71.0. The fraction of sp³-hybridized carbons (Fsp3) is 0.765. The minimum Gasteiger partial charge on any atom is -0.477 e. The number of ether oxygens (including phenoxy) is 4. The zero-order chi connectivity index (χ0) is 77.4. The maximum Gasteiger partial charge on any atom is 0.361 e. The lowest BCUT2D eigenvalue weighted by Gasteiger charge is -2.25. The summed E-state index contributed by atoms with van der Waals surface area (Å²) in [6.45, 7) is 4.81. The Morgan fingerprint density at radius 3 is 0.794 bits per heavy atom. The molecule has 0 bridgehead atoms. The van der Waals surface area contributed by atoms with Crippen LogP contribution >= 0.6 is 0 Å². The van der Waals surface area contributed by atoms with E-state index in [1.54, 1.807) is 0 Å². The van der Waals surface area contributed by atoms with E-state index >= 15 is 0 Å². The van der Waals surface area contributed by atoms with Gasteiger partial charge in [-0.05, 0) is 109 Å². The monoisotopic (exact) mass is 1490 g/mol. The van der Waals surface area contributed by atoms with E-state index in [0.29, 0.717) is 17.4 Å². The fourth-order valence-electron chi connectivity index (χ4n) is 13.3. The van der Waals surface area contributed by atoms with Crippen LogP contribution in [0.25, 0.3) is 0 Å². The van der Waals surface area contributed by atoms with E-state index in [1.807, 2.05) is 21.1 Å². The molecule has 0 aliphatic rings. The minimum absolute atomic E-state index is 0.180. The summed E-state index contributed by atoms with van der Waals surface area (Å²) in [6, 6.07) is 0. The van der Waals surface area contributed by atoms with Crippen LogP contribution in [0.2, 0.25) is 0 Å². The van der Waals surface area contributed by atoms with E-state index in [-0.39, 0.29) is 38.2 Å². The number of carboxylic acid groups (broad SMARTS) is 1. The lowest BCUT2D eigenvalue weighted by atomic mass is 10.0. The molecule has 0 spiro atoms. The van der Waals surface area contributed by atoms with Gasteiger partial charge in [0.2, 0.25) is 0 Å². The van der Waals surface area contributed by atoms with Crippen LogP contribution in [0.4, 0.5) is 0 Å². The maximum absolute atomic E-state index is 13.0. The lowest BCUT2D eigenvalue weighted by molar-refractivity contribution is -0.870. The summed E-state index contributed by atoms with van der Waals surface area (Å²) >= 11 is 0. The number of carbonyl (C=O) groups is 3. The van der Waals surface area contributed by atoms with Crippen LogP contribution in [0.3, 0.4) is 0 Å². The van der Waals surface area contributed by atoms with Crippen LogP contribution < -0.4 is 0 Å². The summed E-state index contributed by atoms with van der Waals surface area (Å²) in [5.74, 6) is -1.98. The highest BCUT2D eigenvalue weighted by Gasteiger charge is 2.25. The van der Waals surface area contributed by atoms with Gasteiger partial charge in [-0.3, -0.25) is 9.59 Å². The van der Waals surface area contributed by atoms with Crippen LogP contribution in [-0.2, 0) is 33.3 Å². The van der Waals surface area contributed by atoms with Crippen molar-refractivity contribution in [2.45, 2.75) is 437 Å². The number of aliphatic carboxylic acids is 1. The predicted octanol–water partition coefficient (Wildman–Crippen LogP) is 30.2. The number of rotatable bonds is 85. The zero-order valence-corrected chi connectivity index (χ0v) is 71.0. The first kappa shape index (κ1) is 103. The highest BCUT2D eigenvalue weighted by Crippen LogP contribution is 2.20. The molecular formula is C98H174NO8+. The minimum atomic E-state index is -1.51. The Labute approximate surface area is 663 Å². The molecule has 0 aliphatic carbocycles. The van der Waals surface area contributed by atoms with E-state index in [0.717, 1.165) is 96.3 Å². The van der Waals surface area contributed by atoms with Crippen LogP contribution in [0, 0.1) is 0 Å². The second kappa shape index (κ2) is 87.3. The second-order valence-electron chi connectivity index (χ2n) is 31.9. The Kier molecular flexibility index (Phi) is 83.8.